The van der Waals surface area contributed by atoms with Crippen molar-refractivity contribution in [2.75, 3.05) is 0 Å². The molecule has 3 nitrogen and oxygen atoms in total. The van der Waals surface area contributed by atoms with Crippen molar-refractivity contribution in [3.8, 4) is 0 Å². The van der Waals surface area contributed by atoms with E-state index >= 15 is 0 Å². The van der Waals surface area contributed by atoms with Gasteiger partial charge in [0.05, 0.1) is 0 Å². The molecule has 1 rings (SSSR count). The lowest BCUT2D eigenvalue weighted by Crippen LogP contribution is -2.31. The van der Waals surface area contributed by atoms with Crippen molar-refractivity contribution < 1.29 is 4.79 Å². The molecule has 0 aliphatic carbocycles. The first-order valence-corrected chi connectivity index (χ1v) is 4.99. The monoisotopic (exact) mass is 194 g/mol. The second kappa shape index (κ2) is 3.95. The predicted octanol–water partition coefficient (Wildman–Crippen LogP) is 2.60. The van der Waals surface area contributed by atoms with Crippen molar-refractivity contribution >= 4 is 5.91 Å². The Morgan fingerprint density at radius 2 is 2.14 bits per heavy atom. The van der Waals surface area contributed by atoms with Crippen LogP contribution in [0.2, 0.25) is 0 Å². The molecular weight excluding hydrogens is 176 g/mol. The minimum Gasteiger partial charge on any atom is -0.276 e. The Morgan fingerprint density at radius 1 is 1.50 bits per heavy atom. The van der Waals surface area contributed by atoms with Gasteiger partial charge in [-0.1, -0.05) is 27.7 Å². The molecule has 0 aliphatic rings. The molecule has 0 saturated heterocycles. The average molecular weight is 194 g/mol. The van der Waals surface area contributed by atoms with Crippen LogP contribution >= 0.6 is 0 Å². The maximum atomic E-state index is 12.0. The van der Waals surface area contributed by atoms with Crippen LogP contribution in [0.5, 0.6) is 0 Å². The largest absolute Gasteiger partial charge is 0.276 e. The van der Waals surface area contributed by atoms with Gasteiger partial charge in [-0.15, -0.1) is 0 Å². The Bertz CT molecular complexity index is 296. The van der Waals surface area contributed by atoms with Gasteiger partial charge in [0.2, 0.25) is 5.91 Å². The molecule has 0 aromatic carbocycles. The summed E-state index contributed by atoms with van der Waals surface area (Å²) in [4.78, 5) is 15.9. The molecule has 0 amide bonds. The number of hydrogen-bond acceptors (Lipinski definition) is 2. The van der Waals surface area contributed by atoms with Crippen molar-refractivity contribution in [3.63, 3.8) is 0 Å². The van der Waals surface area contributed by atoms with Gasteiger partial charge in [0.25, 0.3) is 0 Å². The van der Waals surface area contributed by atoms with Gasteiger partial charge in [0.1, 0.15) is 6.33 Å². The number of nitrogens with zero attached hydrogens (tertiary/aromatic N) is 2. The van der Waals surface area contributed by atoms with Gasteiger partial charge in [-0.3, -0.25) is 9.36 Å². The standard InChI is InChI=1S/C11H18N2O/c1-5-9(11(2,3)4)10(14)13-7-6-12-8-13/h6-9H,5H2,1-4H3. The Balaban J connectivity index is 2.87. The van der Waals surface area contributed by atoms with E-state index < -0.39 is 0 Å². The zero-order chi connectivity index (χ0) is 10.8. The van der Waals surface area contributed by atoms with Gasteiger partial charge in [-0.25, -0.2) is 4.98 Å². The van der Waals surface area contributed by atoms with E-state index in [0.717, 1.165) is 6.42 Å². The number of carbonyl (C=O) groups excluding carboxylic acids is 1. The zero-order valence-corrected chi connectivity index (χ0v) is 9.32. The third kappa shape index (κ3) is 2.22. The zero-order valence-electron chi connectivity index (χ0n) is 9.32. The Morgan fingerprint density at radius 3 is 2.50 bits per heavy atom. The molecular formula is C11H18N2O. The second-order valence-corrected chi connectivity index (χ2v) is 4.64. The van der Waals surface area contributed by atoms with Crippen LogP contribution in [0.1, 0.15) is 38.9 Å². The summed E-state index contributed by atoms with van der Waals surface area (Å²) in [5.74, 6) is 0.189. The van der Waals surface area contributed by atoms with Crippen molar-refractivity contribution in [1.29, 1.82) is 0 Å². The fraction of sp³-hybridized carbons (Fsp3) is 0.636. The van der Waals surface area contributed by atoms with E-state index in [-0.39, 0.29) is 17.2 Å². The Kier molecular flexibility index (Phi) is 3.09. The number of imidazole rings is 1. The molecule has 0 aliphatic heterocycles. The van der Waals surface area contributed by atoms with Crippen molar-refractivity contribution in [2.45, 2.75) is 34.1 Å². The maximum Gasteiger partial charge on any atom is 0.235 e. The molecule has 78 valence electrons. The summed E-state index contributed by atoms with van der Waals surface area (Å²) >= 11 is 0. The molecule has 0 saturated carbocycles. The summed E-state index contributed by atoms with van der Waals surface area (Å²) in [5.41, 5.74) is 0.0100. The van der Waals surface area contributed by atoms with Crippen molar-refractivity contribution in [3.05, 3.63) is 18.7 Å². The van der Waals surface area contributed by atoms with E-state index in [1.54, 1.807) is 23.3 Å². The third-order valence-electron chi connectivity index (χ3n) is 2.51. The van der Waals surface area contributed by atoms with E-state index in [4.69, 9.17) is 0 Å². The summed E-state index contributed by atoms with van der Waals surface area (Å²) in [6, 6.07) is 0. The molecule has 1 unspecified atom stereocenters. The van der Waals surface area contributed by atoms with Gasteiger partial charge in [0.15, 0.2) is 0 Å². The average Bonchev–Trinajstić information content (AvgIpc) is 2.53. The molecule has 1 atom stereocenters. The summed E-state index contributed by atoms with van der Waals surface area (Å²) in [7, 11) is 0. The predicted molar refractivity (Wildman–Crippen MR) is 56.1 cm³/mol. The highest BCUT2D eigenvalue weighted by Crippen LogP contribution is 2.29. The minimum atomic E-state index is 0.0100. The maximum absolute atomic E-state index is 12.0. The number of carbonyl (C=O) groups is 1. The van der Waals surface area contributed by atoms with Gasteiger partial charge < -0.3 is 0 Å². The smallest absolute Gasteiger partial charge is 0.235 e. The van der Waals surface area contributed by atoms with Crippen LogP contribution < -0.4 is 0 Å². The molecule has 0 spiro atoms. The third-order valence-corrected chi connectivity index (χ3v) is 2.51. The molecule has 0 radical (unpaired) electrons. The fourth-order valence-corrected chi connectivity index (χ4v) is 1.73. The van der Waals surface area contributed by atoms with Crippen LogP contribution in [0.25, 0.3) is 0 Å². The van der Waals surface area contributed by atoms with Gasteiger partial charge in [0, 0.05) is 18.3 Å². The summed E-state index contributed by atoms with van der Waals surface area (Å²) in [5, 5.41) is 0. The molecule has 1 aromatic rings. The van der Waals surface area contributed by atoms with Crippen LogP contribution in [-0.2, 0) is 0 Å². The minimum absolute atomic E-state index is 0.0100. The lowest BCUT2D eigenvalue weighted by Gasteiger charge is -2.28. The quantitative estimate of drug-likeness (QED) is 0.725. The molecule has 0 bridgehead atoms. The Labute approximate surface area is 85.2 Å². The molecule has 3 heteroatoms. The highest BCUT2D eigenvalue weighted by molar-refractivity contribution is 5.81. The van der Waals surface area contributed by atoms with Crippen LogP contribution in [0.3, 0.4) is 0 Å². The van der Waals surface area contributed by atoms with Crippen molar-refractivity contribution in [2.24, 2.45) is 11.3 Å². The normalized spacial score (nSPS) is 14.0. The van der Waals surface area contributed by atoms with Gasteiger partial charge >= 0.3 is 0 Å². The van der Waals surface area contributed by atoms with Crippen LogP contribution in [0, 0.1) is 11.3 Å². The lowest BCUT2D eigenvalue weighted by molar-refractivity contribution is 0.0718. The number of hydrogen-bond donors (Lipinski definition) is 0. The first-order chi connectivity index (χ1) is 6.46. The number of aromatic nitrogens is 2. The summed E-state index contributed by atoms with van der Waals surface area (Å²) in [6.07, 6.45) is 5.77. The molecule has 0 fully saturated rings. The van der Waals surface area contributed by atoms with Crippen LogP contribution in [-0.4, -0.2) is 15.5 Å². The lowest BCUT2D eigenvalue weighted by atomic mass is 9.78. The topological polar surface area (TPSA) is 34.9 Å². The fourth-order valence-electron chi connectivity index (χ4n) is 1.73. The van der Waals surface area contributed by atoms with Gasteiger partial charge in [-0.2, -0.15) is 0 Å². The van der Waals surface area contributed by atoms with E-state index in [2.05, 4.69) is 25.8 Å². The Hall–Kier alpha value is -1.12. The SMILES string of the molecule is CCC(C(=O)n1ccnc1)C(C)(C)C. The first kappa shape index (κ1) is 11.0. The van der Waals surface area contributed by atoms with Crippen LogP contribution in [0.15, 0.2) is 18.7 Å². The van der Waals surface area contributed by atoms with E-state index in [1.165, 1.54) is 0 Å². The first-order valence-electron chi connectivity index (χ1n) is 4.99. The molecule has 0 N–H and O–H groups in total. The van der Waals surface area contributed by atoms with Crippen LogP contribution in [0.4, 0.5) is 0 Å². The van der Waals surface area contributed by atoms with E-state index in [0.29, 0.717) is 0 Å². The summed E-state index contributed by atoms with van der Waals surface area (Å²) in [6.45, 7) is 8.33. The van der Waals surface area contributed by atoms with E-state index in [1.807, 2.05) is 6.92 Å². The highest BCUT2D eigenvalue weighted by Gasteiger charge is 2.30. The number of rotatable bonds is 2. The summed E-state index contributed by atoms with van der Waals surface area (Å²) < 4.78 is 1.57. The van der Waals surface area contributed by atoms with Crippen molar-refractivity contribution in [1.82, 2.24) is 9.55 Å². The molecule has 1 heterocycles. The highest BCUT2D eigenvalue weighted by atomic mass is 16.2. The second-order valence-electron chi connectivity index (χ2n) is 4.64. The molecule has 14 heavy (non-hydrogen) atoms. The van der Waals surface area contributed by atoms with Gasteiger partial charge in [-0.05, 0) is 11.8 Å². The molecule has 1 aromatic heterocycles. The van der Waals surface area contributed by atoms with E-state index in [9.17, 15) is 4.79 Å².